The van der Waals surface area contributed by atoms with Crippen molar-refractivity contribution in [3.05, 3.63) is 29.3 Å². The van der Waals surface area contributed by atoms with Crippen LogP contribution in [0, 0.1) is 13.8 Å². The quantitative estimate of drug-likeness (QED) is 0.742. The van der Waals surface area contributed by atoms with E-state index >= 15 is 0 Å². The molecular weight excluding hydrogens is 184 g/mol. The van der Waals surface area contributed by atoms with E-state index in [2.05, 4.69) is 42.4 Å². The molecule has 0 aromatic heterocycles. The minimum atomic E-state index is 0.979. The van der Waals surface area contributed by atoms with Gasteiger partial charge >= 0.3 is 0 Å². The van der Waals surface area contributed by atoms with Gasteiger partial charge in [0.2, 0.25) is 0 Å². The van der Waals surface area contributed by atoms with Crippen molar-refractivity contribution >= 4 is 11.5 Å². The third-order valence-corrected chi connectivity index (χ3v) is 2.87. The molecule has 0 fully saturated rings. The first-order valence-electron chi connectivity index (χ1n) is 5.64. The zero-order chi connectivity index (χ0) is 10.7. The Kier molecular flexibility index (Phi) is 3.05. The minimum Gasteiger partial charge on any atom is -0.344 e. The van der Waals surface area contributed by atoms with Gasteiger partial charge in [-0.2, -0.15) is 0 Å². The number of aliphatic imine (C=N–C) groups is 1. The average Bonchev–Trinajstić information content (AvgIpc) is 2.25. The van der Waals surface area contributed by atoms with Gasteiger partial charge in [-0.15, -0.1) is 0 Å². The smallest absolute Gasteiger partial charge is 0.101 e. The fourth-order valence-electron chi connectivity index (χ4n) is 1.96. The Labute approximate surface area is 91.4 Å². The lowest BCUT2D eigenvalue weighted by Crippen LogP contribution is -2.17. The third kappa shape index (κ3) is 2.38. The normalized spacial score (nSPS) is 16.0. The maximum atomic E-state index is 4.51. The molecule has 1 aromatic carbocycles. The summed E-state index contributed by atoms with van der Waals surface area (Å²) in [6.07, 6.45) is 3.59. The van der Waals surface area contributed by atoms with Crippen molar-refractivity contribution in [1.29, 1.82) is 0 Å². The molecule has 1 aliphatic rings. The highest BCUT2D eigenvalue weighted by molar-refractivity contribution is 5.97. The number of aryl methyl sites for hydroxylation is 2. The van der Waals surface area contributed by atoms with Crippen molar-refractivity contribution in [3.8, 4) is 0 Å². The summed E-state index contributed by atoms with van der Waals surface area (Å²) in [5, 5.41) is 3.47. The number of hydrogen-bond donors (Lipinski definition) is 1. The molecule has 2 rings (SSSR count). The molecular formula is C13H18N2. The van der Waals surface area contributed by atoms with Gasteiger partial charge in [0.05, 0.1) is 0 Å². The molecule has 0 amide bonds. The van der Waals surface area contributed by atoms with E-state index < -0.39 is 0 Å². The van der Waals surface area contributed by atoms with Crippen molar-refractivity contribution < 1.29 is 0 Å². The van der Waals surface area contributed by atoms with Crippen LogP contribution in [0.15, 0.2) is 23.2 Å². The fourth-order valence-corrected chi connectivity index (χ4v) is 1.96. The van der Waals surface area contributed by atoms with Crippen molar-refractivity contribution in [2.45, 2.75) is 33.1 Å². The van der Waals surface area contributed by atoms with Crippen LogP contribution in [0.25, 0.3) is 0 Å². The first-order chi connectivity index (χ1) is 7.27. The highest BCUT2D eigenvalue weighted by Crippen LogP contribution is 2.20. The summed E-state index contributed by atoms with van der Waals surface area (Å²) >= 11 is 0. The Hall–Kier alpha value is -1.31. The van der Waals surface area contributed by atoms with Gasteiger partial charge < -0.3 is 5.32 Å². The Balaban J connectivity index is 2.19. The number of rotatable bonds is 1. The molecule has 1 heterocycles. The highest BCUT2D eigenvalue weighted by Gasteiger charge is 2.08. The Morgan fingerprint density at radius 1 is 1.13 bits per heavy atom. The summed E-state index contributed by atoms with van der Waals surface area (Å²) in [7, 11) is 0. The lowest BCUT2D eigenvalue weighted by Gasteiger charge is -2.17. The van der Waals surface area contributed by atoms with Crippen molar-refractivity contribution in [3.63, 3.8) is 0 Å². The van der Waals surface area contributed by atoms with Crippen LogP contribution in [0.1, 0.15) is 30.4 Å². The summed E-state index contributed by atoms with van der Waals surface area (Å²) in [5.41, 5.74) is 3.82. The second-order valence-electron chi connectivity index (χ2n) is 4.18. The molecule has 0 unspecified atom stereocenters. The number of nitrogens with zero attached hydrogens (tertiary/aromatic N) is 1. The van der Waals surface area contributed by atoms with E-state index in [1.165, 1.54) is 29.7 Å². The summed E-state index contributed by atoms with van der Waals surface area (Å²) in [5.74, 6) is 1.15. The van der Waals surface area contributed by atoms with E-state index in [1.54, 1.807) is 0 Å². The zero-order valence-corrected chi connectivity index (χ0v) is 9.51. The molecule has 2 nitrogen and oxygen atoms in total. The number of para-hydroxylation sites is 1. The number of amidine groups is 1. The van der Waals surface area contributed by atoms with Gasteiger partial charge in [0.15, 0.2) is 0 Å². The summed E-state index contributed by atoms with van der Waals surface area (Å²) in [6.45, 7) is 5.25. The van der Waals surface area contributed by atoms with E-state index in [0.717, 1.165) is 18.8 Å². The highest BCUT2D eigenvalue weighted by atomic mass is 15.0. The van der Waals surface area contributed by atoms with Crippen LogP contribution < -0.4 is 5.32 Å². The number of nitrogens with one attached hydrogen (secondary N) is 1. The van der Waals surface area contributed by atoms with Gasteiger partial charge in [-0.05, 0) is 37.8 Å². The van der Waals surface area contributed by atoms with Gasteiger partial charge in [-0.1, -0.05) is 18.2 Å². The molecule has 15 heavy (non-hydrogen) atoms. The number of benzene rings is 1. The van der Waals surface area contributed by atoms with Gasteiger partial charge in [0.1, 0.15) is 5.84 Å². The van der Waals surface area contributed by atoms with E-state index in [-0.39, 0.29) is 0 Å². The molecule has 80 valence electrons. The fraction of sp³-hybridized carbons (Fsp3) is 0.462. The zero-order valence-electron chi connectivity index (χ0n) is 9.51. The molecule has 2 heteroatoms. The van der Waals surface area contributed by atoms with Gasteiger partial charge in [-0.3, -0.25) is 4.99 Å². The first-order valence-corrected chi connectivity index (χ1v) is 5.64. The maximum Gasteiger partial charge on any atom is 0.101 e. The molecule has 1 N–H and O–H groups in total. The van der Waals surface area contributed by atoms with Crippen LogP contribution in [0.3, 0.4) is 0 Å². The SMILES string of the molecule is Cc1cccc(C)c1NC1=NCCCC1. The number of hydrogen-bond acceptors (Lipinski definition) is 2. The second-order valence-corrected chi connectivity index (χ2v) is 4.18. The van der Waals surface area contributed by atoms with Crippen LogP contribution in [0.2, 0.25) is 0 Å². The molecule has 0 atom stereocenters. The van der Waals surface area contributed by atoms with Crippen molar-refractivity contribution in [2.75, 3.05) is 11.9 Å². The van der Waals surface area contributed by atoms with Crippen LogP contribution >= 0.6 is 0 Å². The second kappa shape index (κ2) is 4.47. The molecule has 0 saturated carbocycles. The lowest BCUT2D eigenvalue weighted by molar-refractivity contribution is 0.737. The average molecular weight is 202 g/mol. The summed E-state index contributed by atoms with van der Waals surface area (Å²) < 4.78 is 0. The number of anilines is 1. The van der Waals surface area contributed by atoms with Gasteiger partial charge in [0, 0.05) is 18.7 Å². The predicted molar refractivity (Wildman–Crippen MR) is 65.7 cm³/mol. The van der Waals surface area contributed by atoms with Gasteiger partial charge in [-0.25, -0.2) is 0 Å². The topological polar surface area (TPSA) is 24.4 Å². The van der Waals surface area contributed by atoms with Crippen LogP contribution in [-0.4, -0.2) is 12.4 Å². The minimum absolute atomic E-state index is 0.979. The standard InChI is InChI=1S/C13H18N2/c1-10-6-5-7-11(2)13(10)15-12-8-3-4-9-14-12/h5-7H,3-4,8-9H2,1-2H3,(H,14,15). The molecule has 0 bridgehead atoms. The monoisotopic (exact) mass is 202 g/mol. The molecule has 0 saturated heterocycles. The van der Waals surface area contributed by atoms with E-state index in [0.29, 0.717) is 0 Å². The molecule has 0 aliphatic carbocycles. The largest absolute Gasteiger partial charge is 0.344 e. The van der Waals surface area contributed by atoms with E-state index in [1.807, 2.05) is 0 Å². The Morgan fingerprint density at radius 3 is 2.47 bits per heavy atom. The third-order valence-electron chi connectivity index (χ3n) is 2.87. The van der Waals surface area contributed by atoms with Crippen molar-refractivity contribution in [2.24, 2.45) is 4.99 Å². The van der Waals surface area contributed by atoms with E-state index in [9.17, 15) is 0 Å². The Bertz CT molecular complexity index is 360. The lowest BCUT2D eigenvalue weighted by atomic mass is 10.1. The first kappa shape index (κ1) is 10.2. The van der Waals surface area contributed by atoms with E-state index in [4.69, 9.17) is 0 Å². The molecule has 1 aromatic rings. The van der Waals surface area contributed by atoms with Gasteiger partial charge in [0.25, 0.3) is 0 Å². The maximum absolute atomic E-state index is 4.51. The van der Waals surface area contributed by atoms with Crippen molar-refractivity contribution in [1.82, 2.24) is 0 Å². The summed E-state index contributed by atoms with van der Waals surface area (Å²) in [4.78, 5) is 4.51. The molecule has 1 aliphatic heterocycles. The molecule has 0 spiro atoms. The predicted octanol–water partition coefficient (Wildman–Crippen LogP) is 3.30. The summed E-state index contributed by atoms with van der Waals surface area (Å²) in [6, 6.07) is 6.37. The van der Waals surface area contributed by atoms with Crippen LogP contribution in [0.4, 0.5) is 5.69 Å². The van der Waals surface area contributed by atoms with Crippen LogP contribution in [-0.2, 0) is 0 Å². The Morgan fingerprint density at radius 2 is 1.87 bits per heavy atom. The molecule has 0 radical (unpaired) electrons. The van der Waals surface area contributed by atoms with Crippen LogP contribution in [0.5, 0.6) is 0 Å².